The predicted molar refractivity (Wildman–Crippen MR) is 36.8 cm³/mol. The molecule has 0 heterocycles. The van der Waals surface area contributed by atoms with Crippen LogP contribution in [0.15, 0.2) is 23.8 Å². The first kappa shape index (κ1) is 6.27. The summed E-state index contributed by atoms with van der Waals surface area (Å²) in [6.07, 6.45) is 10.8. The van der Waals surface area contributed by atoms with Crippen LogP contribution in [-0.4, -0.2) is 6.29 Å². The molecule has 0 aromatic rings. The van der Waals surface area contributed by atoms with Gasteiger partial charge in [0.2, 0.25) is 6.29 Å². The summed E-state index contributed by atoms with van der Waals surface area (Å²) in [7, 11) is 0. The van der Waals surface area contributed by atoms with Gasteiger partial charge in [0.05, 0.1) is 0 Å². The SMILES string of the molecule is O=[C]C1=CCC=CCC1. The summed E-state index contributed by atoms with van der Waals surface area (Å²) < 4.78 is 0. The maximum atomic E-state index is 10.1. The van der Waals surface area contributed by atoms with Crippen LogP contribution in [0.25, 0.3) is 0 Å². The fourth-order valence-electron chi connectivity index (χ4n) is 0.858. The maximum Gasteiger partial charge on any atom is 0.228 e. The minimum Gasteiger partial charge on any atom is -0.285 e. The van der Waals surface area contributed by atoms with Gasteiger partial charge in [0, 0.05) is 5.57 Å². The molecule has 1 aliphatic carbocycles. The topological polar surface area (TPSA) is 17.1 Å². The van der Waals surface area contributed by atoms with E-state index in [4.69, 9.17) is 0 Å². The van der Waals surface area contributed by atoms with Gasteiger partial charge in [0.25, 0.3) is 0 Å². The van der Waals surface area contributed by atoms with E-state index < -0.39 is 0 Å². The Bertz CT molecular complexity index is 154. The highest BCUT2D eigenvalue weighted by molar-refractivity contribution is 5.73. The molecule has 0 saturated carbocycles. The van der Waals surface area contributed by atoms with E-state index in [1.807, 2.05) is 12.4 Å². The Kier molecular flexibility index (Phi) is 2.25. The molecule has 0 saturated heterocycles. The molecule has 0 atom stereocenters. The van der Waals surface area contributed by atoms with E-state index in [1.165, 1.54) is 0 Å². The summed E-state index contributed by atoms with van der Waals surface area (Å²) in [6.45, 7) is 0. The Morgan fingerprint density at radius 1 is 1.44 bits per heavy atom. The second kappa shape index (κ2) is 3.23. The van der Waals surface area contributed by atoms with E-state index in [0.29, 0.717) is 0 Å². The number of hydrogen-bond acceptors (Lipinski definition) is 1. The molecular formula is C8H9O. The first-order valence-corrected chi connectivity index (χ1v) is 3.15. The van der Waals surface area contributed by atoms with Crippen LogP contribution in [0, 0.1) is 0 Å². The number of hydrogen-bond donors (Lipinski definition) is 0. The van der Waals surface area contributed by atoms with Crippen LogP contribution in [0.2, 0.25) is 0 Å². The van der Waals surface area contributed by atoms with Gasteiger partial charge in [0.1, 0.15) is 0 Å². The molecule has 1 nitrogen and oxygen atoms in total. The van der Waals surface area contributed by atoms with Crippen molar-refractivity contribution >= 4 is 6.29 Å². The summed E-state index contributed by atoms with van der Waals surface area (Å²) in [5.74, 6) is 0. The Balaban J connectivity index is 2.55. The fraction of sp³-hybridized carbons (Fsp3) is 0.375. The quantitative estimate of drug-likeness (QED) is 0.483. The van der Waals surface area contributed by atoms with Gasteiger partial charge in [0.15, 0.2) is 0 Å². The van der Waals surface area contributed by atoms with Crippen LogP contribution in [-0.2, 0) is 4.79 Å². The molecule has 1 radical (unpaired) electrons. The lowest BCUT2D eigenvalue weighted by atomic mass is 10.2. The monoisotopic (exact) mass is 121 g/mol. The summed E-state index contributed by atoms with van der Waals surface area (Å²) in [4.78, 5) is 10.1. The van der Waals surface area contributed by atoms with Gasteiger partial charge in [-0.25, -0.2) is 0 Å². The third-order valence-corrected chi connectivity index (χ3v) is 1.38. The van der Waals surface area contributed by atoms with Crippen molar-refractivity contribution in [1.82, 2.24) is 0 Å². The van der Waals surface area contributed by atoms with Crippen molar-refractivity contribution in [2.45, 2.75) is 19.3 Å². The minimum absolute atomic E-state index is 0.819. The molecule has 9 heavy (non-hydrogen) atoms. The highest BCUT2D eigenvalue weighted by Crippen LogP contribution is 2.08. The third kappa shape index (κ3) is 1.84. The molecule has 1 heteroatoms. The number of rotatable bonds is 1. The highest BCUT2D eigenvalue weighted by Gasteiger charge is 1.95. The molecule has 0 spiro atoms. The van der Waals surface area contributed by atoms with E-state index in [9.17, 15) is 4.79 Å². The van der Waals surface area contributed by atoms with E-state index >= 15 is 0 Å². The Labute approximate surface area is 55.1 Å². The lowest BCUT2D eigenvalue weighted by Crippen LogP contribution is -1.80. The number of carbonyl (C=O) groups excluding carboxylic acids is 1. The molecule has 0 amide bonds. The van der Waals surface area contributed by atoms with Gasteiger partial charge in [-0.3, -0.25) is 4.79 Å². The zero-order valence-corrected chi connectivity index (χ0v) is 5.26. The smallest absolute Gasteiger partial charge is 0.228 e. The maximum absolute atomic E-state index is 10.1. The molecule has 0 aromatic carbocycles. The second-order valence-electron chi connectivity index (χ2n) is 2.08. The number of allylic oxidation sites excluding steroid dienone is 4. The van der Waals surface area contributed by atoms with Crippen molar-refractivity contribution in [3.05, 3.63) is 23.8 Å². The van der Waals surface area contributed by atoms with Crippen LogP contribution < -0.4 is 0 Å². The van der Waals surface area contributed by atoms with Crippen LogP contribution in [0.1, 0.15) is 19.3 Å². The van der Waals surface area contributed by atoms with Crippen molar-refractivity contribution in [2.24, 2.45) is 0 Å². The van der Waals surface area contributed by atoms with Crippen LogP contribution in [0.5, 0.6) is 0 Å². The average Bonchev–Trinajstić information content (AvgIpc) is 2.13. The molecular weight excluding hydrogens is 112 g/mol. The van der Waals surface area contributed by atoms with Crippen molar-refractivity contribution in [3.63, 3.8) is 0 Å². The van der Waals surface area contributed by atoms with Crippen molar-refractivity contribution in [3.8, 4) is 0 Å². The average molecular weight is 121 g/mol. The van der Waals surface area contributed by atoms with E-state index in [0.717, 1.165) is 24.8 Å². The molecule has 0 unspecified atom stereocenters. The van der Waals surface area contributed by atoms with Crippen LogP contribution in [0.4, 0.5) is 0 Å². The van der Waals surface area contributed by atoms with E-state index in [2.05, 4.69) is 12.2 Å². The van der Waals surface area contributed by atoms with Gasteiger partial charge in [-0.2, -0.15) is 0 Å². The van der Waals surface area contributed by atoms with Gasteiger partial charge >= 0.3 is 0 Å². The molecule has 1 aliphatic rings. The highest BCUT2D eigenvalue weighted by atomic mass is 16.1. The molecule has 1 rings (SSSR count). The lowest BCUT2D eigenvalue weighted by Gasteiger charge is -1.88. The van der Waals surface area contributed by atoms with E-state index in [-0.39, 0.29) is 0 Å². The second-order valence-corrected chi connectivity index (χ2v) is 2.08. The third-order valence-electron chi connectivity index (χ3n) is 1.38. The summed E-state index contributed by atoms with van der Waals surface area (Å²) in [5, 5.41) is 0. The normalized spacial score (nSPS) is 18.4. The summed E-state index contributed by atoms with van der Waals surface area (Å²) in [5.41, 5.74) is 0.819. The zero-order valence-electron chi connectivity index (χ0n) is 5.26. The summed E-state index contributed by atoms with van der Waals surface area (Å²) in [6, 6.07) is 0. The standard InChI is InChI=1S/C8H9O/c9-7-8-5-3-1-2-4-6-8/h1-2,5H,3-4,6H2. The van der Waals surface area contributed by atoms with Crippen LogP contribution in [0.3, 0.4) is 0 Å². The molecule has 0 N–H and O–H groups in total. The van der Waals surface area contributed by atoms with Gasteiger partial charge in [-0.05, 0) is 19.3 Å². The van der Waals surface area contributed by atoms with Gasteiger partial charge in [-0.15, -0.1) is 0 Å². The fourth-order valence-corrected chi connectivity index (χ4v) is 0.858. The van der Waals surface area contributed by atoms with Crippen molar-refractivity contribution < 1.29 is 4.79 Å². The molecule has 47 valence electrons. The molecule has 0 aromatic heterocycles. The Morgan fingerprint density at radius 3 is 3.11 bits per heavy atom. The van der Waals surface area contributed by atoms with Crippen LogP contribution >= 0.6 is 0 Å². The van der Waals surface area contributed by atoms with Gasteiger partial charge < -0.3 is 0 Å². The predicted octanol–water partition coefficient (Wildman–Crippen LogP) is 1.76. The lowest BCUT2D eigenvalue weighted by molar-refractivity contribution is 0.560. The molecule has 0 fully saturated rings. The molecule has 0 aliphatic heterocycles. The Morgan fingerprint density at radius 2 is 2.33 bits per heavy atom. The minimum atomic E-state index is 0.819. The molecule has 0 bridgehead atoms. The van der Waals surface area contributed by atoms with Gasteiger partial charge in [-0.1, -0.05) is 18.2 Å². The van der Waals surface area contributed by atoms with Crippen molar-refractivity contribution in [1.29, 1.82) is 0 Å². The zero-order chi connectivity index (χ0) is 6.53. The first-order chi connectivity index (χ1) is 4.43. The van der Waals surface area contributed by atoms with Crippen molar-refractivity contribution in [2.75, 3.05) is 0 Å². The largest absolute Gasteiger partial charge is 0.285 e. The summed E-state index contributed by atoms with van der Waals surface area (Å²) >= 11 is 0. The Hall–Kier alpha value is -0.850. The first-order valence-electron chi connectivity index (χ1n) is 3.15. The van der Waals surface area contributed by atoms with E-state index in [1.54, 1.807) is 0 Å².